The van der Waals surface area contributed by atoms with E-state index in [1.807, 2.05) is 30.3 Å². The molecule has 0 spiro atoms. The highest BCUT2D eigenvalue weighted by Gasteiger charge is 2.19. The first kappa shape index (κ1) is 14.0. The summed E-state index contributed by atoms with van der Waals surface area (Å²) < 4.78 is 5.24. The number of aromatic amines is 1. The lowest BCUT2D eigenvalue weighted by Crippen LogP contribution is -2.30. The smallest absolute Gasteiger partial charge is 0.254 e. The zero-order valence-corrected chi connectivity index (χ0v) is 11.1. The molecule has 5 heteroatoms. The van der Waals surface area contributed by atoms with Gasteiger partial charge in [-0.15, -0.1) is 0 Å². The first-order valence-corrected chi connectivity index (χ1v) is 6.24. The Kier molecular flexibility index (Phi) is 4.68. The number of benzene rings is 1. The summed E-state index contributed by atoms with van der Waals surface area (Å²) in [6, 6.07) is 12.4. The van der Waals surface area contributed by atoms with Crippen LogP contribution in [-0.4, -0.2) is 18.0 Å². The first-order valence-electron chi connectivity index (χ1n) is 6.24. The second kappa shape index (κ2) is 6.68. The molecule has 0 bridgehead atoms. The van der Waals surface area contributed by atoms with Gasteiger partial charge in [0.15, 0.2) is 6.10 Å². The van der Waals surface area contributed by atoms with Crippen LogP contribution in [0.3, 0.4) is 0 Å². The summed E-state index contributed by atoms with van der Waals surface area (Å²) in [5, 5.41) is 2.78. The highest BCUT2D eigenvalue weighted by molar-refractivity contribution is 5.82. The number of aromatic nitrogens is 1. The van der Waals surface area contributed by atoms with E-state index in [0.29, 0.717) is 6.54 Å². The van der Waals surface area contributed by atoms with Crippen LogP contribution < -0.4 is 10.9 Å². The number of hydrogen-bond donors (Lipinski definition) is 2. The van der Waals surface area contributed by atoms with E-state index < -0.39 is 6.10 Å². The van der Waals surface area contributed by atoms with Crippen LogP contribution in [0.1, 0.15) is 17.2 Å². The molecule has 1 atom stereocenters. The molecule has 0 saturated heterocycles. The number of nitrogens with one attached hydrogen (secondary N) is 2. The highest BCUT2D eigenvalue weighted by atomic mass is 16.5. The molecule has 0 radical (unpaired) electrons. The number of rotatable bonds is 5. The summed E-state index contributed by atoms with van der Waals surface area (Å²) >= 11 is 0. The van der Waals surface area contributed by atoms with Crippen LogP contribution in [0.25, 0.3) is 0 Å². The minimum Gasteiger partial charge on any atom is -0.367 e. The molecule has 0 unspecified atom stereocenters. The zero-order chi connectivity index (χ0) is 14.4. The summed E-state index contributed by atoms with van der Waals surface area (Å²) in [7, 11) is 1.50. The Morgan fingerprint density at radius 1 is 1.25 bits per heavy atom. The number of carbonyl (C=O) groups excluding carboxylic acids is 1. The van der Waals surface area contributed by atoms with Crippen molar-refractivity contribution in [3.05, 3.63) is 70.1 Å². The molecule has 0 aliphatic heterocycles. The van der Waals surface area contributed by atoms with Gasteiger partial charge in [-0.25, -0.2) is 0 Å². The maximum absolute atomic E-state index is 12.1. The summed E-state index contributed by atoms with van der Waals surface area (Å²) in [4.78, 5) is 25.6. The average Bonchev–Trinajstić information content (AvgIpc) is 2.48. The third-order valence-electron chi connectivity index (χ3n) is 2.89. The maximum atomic E-state index is 12.1. The van der Waals surface area contributed by atoms with Gasteiger partial charge in [0.1, 0.15) is 0 Å². The Morgan fingerprint density at radius 3 is 2.60 bits per heavy atom. The lowest BCUT2D eigenvalue weighted by molar-refractivity contribution is -0.131. The predicted octanol–water partition coefficient (Wildman–Crippen LogP) is 1.38. The molecule has 1 amide bonds. The third kappa shape index (κ3) is 3.55. The Labute approximate surface area is 116 Å². The van der Waals surface area contributed by atoms with Gasteiger partial charge in [-0.2, -0.15) is 0 Å². The molecule has 1 heterocycles. The number of hydrogen-bond acceptors (Lipinski definition) is 3. The Bertz CT molecular complexity index is 602. The molecule has 0 aliphatic carbocycles. The Hall–Kier alpha value is -2.40. The monoisotopic (exact) mass is 272 g/mol. The van der Waals surface area contributed by atoms with Crippen LogP contribution in [-0.2, 0) is 16.1 Å². The van der Waals surface area contributed by atoms with Gasteiger partial charge in [-0.05, 0) is 11.1 Å². The lowest BCUT2D eigenvalue weighted by Gasteiger charge is -2.15. The number of pyridine rings is 1. The summed E-state index contributed by atoms with van der Waals surface area (Å²) in [5.41, 5.74) is 1.45. The Balaban J connectivity index is 2.00. The van der Waals surface area contributed by atoms with Gasteiger partial charge < -0.3 is 15.0 Å². The van der Waals surface area contributed by atoms with Gasteiger partial charge in [-0.3, -0.25) is 9.59 Å². The van der Waals surface area contributed by atoms with E-state index in [1.165, 1.54) is 13.2 Å². The van der Waals surface area contributed by atoms with Gasteiger partial charge in [0.05, 0.1) is 0 Å². The number of amides is 1. The van der Waals surface area contributed by atoms with Crippen LogP contribution in [0.15, 0.2) is 53.5 Å². The molecule has 2 aromatic rings. The highest BCUT2D eigenvalue weighted by Crippen LogP contribution is 2.16. The fourth-order valence-electron chi connectivity index (χ4n) is 1.86. The normalized spacial score (nSPS) is 11.8. The average molecular weight is 272 g/mol. The van der Waals surface area contributed by atoms with Crippen LogP contribution in [0, 0.1) is 0 Å². The zero-order valence-electron chi connectivity index (χ0n) is 11.1. The molecular weight excluding hydrogens is 256 g/mol. The summed E-state index contributed by atoms with van der Waals surface area (Å²) in [5.74, 6) is -0.218. The molecule has 0 fully saturated rings. The van der Waals surface area contributed by atoms with Crippen molar-refractivity contribution >= 4 is 5.91 Å². The van der Waals surface area contributed by atoms with E-state index in [1.54, 1.807) is 12.3 Å². The topological polar surface area (TPSA) is 71.2 Å². The number of H-pyrrole nitrogens is 1. The molecule has 0 aliphatic rings. The summed E-state index contributed by atoms with van der Waals surface area (Å²) in [6.45, 7) is 0.336. The quantitative estimate of drug-likeness (QED) is 0.863. The molecule has 1 aromatic heterocycles. The van der Waals surface area contributed by atoms with Crippen molar-refractivity contribution in [2.24, 2.45) is 0 Å². The number of carbonyl (C=O) groups is 1. The van der Waals surface area contributed by atoms with Crippen molar-refractivity contribution in [2.45, 2.75) is 12.6 Å². The van der Waals surface area contributed by atoms with E-state index in [0.717, 1.165) is 11.1 Å². The molecule has 5 nitrogen and oxygen atoms in total. The van der Waals surface area contributed by atoms with E-state index in [9.17, 15) is 9.59 Å². The molecule has 20 heavy (non-hydrogen) atoms. The van der Waals surface area contributed by atoms with E-state index >= 15 is 0 Å². The van der Waals surface area contributed by atoms with Gasteiger partial charge in [0.25, 0.3) is 5.91 Å². The van der Waals surface area contributed by atoms with Gasteiger partial charge in [0.2, 0.25) is 5.56 Å². The fourth-order valence-corrected chi connectivity index (χ4v) is 1.86. The largest absolute Gasteiger partial charge is 0.367 e. The molecule has 2 N–H and O–H groups in total. The van der Waals surface area contributed by atoms with Crippen molar-refractivity contribution in [3.8, 4) is 0 Å². The van der Waals surface area contributed by atoms with Crippen LogP contribution in [0.4, 0.5) is 0 Å². The first-order chi connectivity index (χ1) is 9.70. The number of ether oxygens (including phenoxy) is 1. The third-order valence-corrected chi connectivity index (χ3v) is 2.89. The minimum atomic E-state index is -0.640. The van der Waals surface area contributed by atoms with Gasteiger partial charge >= 0.3 is 0 Å². The lowest BCUT2D eigenvalue weighted by atomic mass is 10.1. The molecule has 1 aromatic carbocycles. The number of methoxy groups -OCH3 is 1. The molecular formula is C15H16N2O3. The van der Waals surface area contributed by atoms with Crippen molar-refractivity contribution in [1.29, 1.82) is 0 Å². The van der Waals surface area contributed by atoms with Gasteiger partial charge in [0, 0.05) is 25.9 Å². The van der Waals surface area contributed by atoms with Crippen LogP contribution >= 0.6 is 0 Å². The van der Waals surface area contributed by atoms with E-state index in [-0.39, 0.29) is 11.5 Å². The predicted molar refractivity (Wildman–Crippen MR) is 75.1 cm³/mol. The minimum absolute atomic E-state index is 0.167. The van der Waals surface area contributed by atoms with Gasteiger partial charge in [-0.1, -0.05) is 36.4 Å². The summed E-state index contributed by atoms with van der Waals surface area (Å²) in [6.07, 6.45) is 0.936. The van der Waals surface area contributed by atoms with Crippen molar-refractivity contribution in [3.63, 3.8) is 0 Å². The van der Waals surface area contributed by atoms with Crippen molar-refractivity contribution < 1.29 is 9.53 Å². The maximum Gasteiger partial charge on any atom is 0.254 e. The molecule has 0 saturated carbocycles. The van der Waals surface area contributed by atoms with E-state index in [2.05, 4.69) is 10.3 Å². The van der Waals surface area contributed by atoms with Crippen molar-refractivity contribution in [1.82, 2.24) is 10.3 Å². The van der Waals surface area contributed by atoms with Crippen LogP contribution in [0.2, 0.25) is 0 Å². The van der Waals surface area contributed by atoms with Crippen molar-refractivity contribution in [2.75, 3.05) is 7.11 Å². The van der Waals surface area contributed by atoms with Crippen LogP contribution in [0.5, 0.6) is 0 Å². The molecule has 104 valence electrons. The second-order valence-corrected chi connectivity index (χ2v) is 4.31. The standard InChI is InChI=1S/C15H16N2O3/c1-20-14(12-5-3-2-4-6-12)15(19)17-10-11-7-8-13(18)16-9-11/h2-9,14H,10H2,1H3,(H,16,18)(H,17,19)/t14-/m1/s1. The van der Waals surface area contributed by atoms with E-state index in [4.69, 9.17) is 4.74 Å². The SMILES string of the molecule is CO[C@@H](C(=O)NCc1ccc(=O)[nH]c1)c1ccccc1. The Morgan fingerprint density at radius 2 is 2.00 bits per heavy atom. The second-order valence-electron chi connectivity index (χ2n) is 4.31. The molecule has 2 rings (SSSR count). The fraction of sp³-hybridized carbons (Fsp3) is 0.200.